The molecule has 0 radical (unpaired) electrons. The number of carbonyl (C=O) groups is 2. The fourth-order valence-corrected chi connectivity index (χ4v) is 2.54. The molecule has 0 bridgehead atoms. The number of para-hydroxylation sites is 1. The normalized spacial score (nSPS) is 15.6. The van der Waals surface area contributed by atoms with Crippen molar-refractivity contribution in [1.82, 2.24) is 10.2 Å². The highest BCUT2D eigenvalue weighted by Gasteiger charge is 2.26. The van der Waals surface area contributed by atoms with Crippen molar-refractivity contribution in [3.05, 3.63) is 29.8 Å². The first-order chi connectivity index (χ1) is 10.1. The van der Waals surface area contributed by atoms with Crippen molar-refractivity contribution in [3.8, 4) is 5.75 Å². The van der Waals surface area contributed by atoms with Crippen molar-refractivity contribution in [3.63, 3.8) is 0 Å². The Morgan fingerprint density at radius 2 is 1.95 bits per heavy atom. The molecule has 0 aliphatic carbocycles. The number of rotatable bonds is 4. The molecule has 1 N–H and O–H groups in total. The number of amides is 2. The van der Waals surface area contributed by atoms with Crippen molar-refractivity contribution >= 4 is 11.8 Å². The Kier molecular flexibility index (Phi) is 5.20. The molecule has 1 saturated heterocycles. The Hall–Kier alpha value is -2.04. The third-order valence-corrected chi connectivity index (χ3v) is 3.91. The quantitative estimate of drug-likeness (QED) is 0.911. The Morgan fingerprint density at radius 1 is 1.29 bits per heavy atom. The molecule has 5 heteroatoms. The first kappa shape index (κ1) is 15.4. The zero-order valence-electron chi connectivity index (χ0n) is 12.6. The van der Waals surface area contributed by atoms with Gasteiger partial charge < -0.3 is 15.0 Å². The fourth-order valence-electron chi connectivity index (χ4n) is 2.54. The van der Waals surface area contributed by atoms with Gasteiger partial charge in [0.05, 0.1) is 0 Å². The van der Waals surface area contributed by atoms with Crippen molar-refractivity contribution < 1.29 is 14.3 Å². The number of ether oxygens (including phenoxy) is 1. The number of hydrogen-bond donors (Lipinski definition) is 1. The number of piperidine rings is 1. The third-order valence-electron chi connectivity index (χ3n) is 3.91. The third kappa shape index (κ3) is 3.97. The van der Waals surface area contributed by atoms with Gasteiger partial charge in [-0.3, -0.25) is 9.59 Å². The van der Waals surface area contributed by atoms with Gasteiger partial charge in [0.15, 0.2) is 6.61 Å². The highest BCUT2D eigenvalue weighted by molar-refractivity contribution is 5.80. The minimum absolute atomic E-state index is 0.0198. The van der Waals surface area contributed by atoms with E-state index in [-0.39, 0.29) is 24.3 Å². The van der Waals surface area contributed by atoms with Crippen LogP contribution in [0.3, 0.4) is 0 Å². The average Bonchev–Trinajstić information content (AvgIpc) is 2.53. The number of hydrogen-bond acceptors (Lipinski definition) is 3. The SMILES string of the molecule is CNC(=O)C1CCN(C(=O)COc2ccccc2C)CC1. The minimum Gasteiger partial charge on any atom is -0.484 e. The number of nitrogens with one attached hydrogen (secondary N) is 1. The molecular weight excluding hydrogens is 268 g/mol. The van der Waals surface area contributed by atoms with E-state index in [4.69, 9.17) is 4.74 Å². The lowest BCUT2D eigenvalue weighted by molar-refractivity contribution is -0.137. The standard InChI is InChI=1S/C16H22N2O3/c1-12-5-3-4-6-14(12)21-11-15(19)18-9-7-13(8-10-18)16(20)17-2/h3-6,13H,7-11H2,1-2H3,(H,17,20). The van der Waals surface area contributed by atoms with Crippen LogP contribution in [0.4, 0.5) is 0 Å². The van der Waals surface area contributed by atoms with Crippen LogP contribution in [0.25, 0.3) is 0 Å². The van der Waals surface area contributed by atoms with Gasteiger partial charge in [-0.1, -0.05) is 18.2 Å². The van der Waals surface area contributed by atoms with E-state index in [1.54, 1.807) is 11.9 Å². The van der Waals surface area contributed by atoms with Gasteiger partial charge in [-0.2, -0.15) is 0 Å². The number of aryl methyl sites for hydroxylation is 1. The Labute approximate surface area is 125 Å². The molecule has 5 nitrogen and oxygen atoms in total. The van der Waals surface area contributed by atoms with Crippen LogP contribution in [0.2, 0.25) is 0 Å². The van der Waals surface area contributed by atoms with Crippen LogP contribution in [-0.2, 0) is 9.59 Å². The molecule has 0 unspecified atom stereocenters. The van der Waals surface area contributed by atoms with Crippen molar-refractivity contribution in [2.24, 2.45) is 5.92 Å². The lowest BCUT2D eigenvalue weighted by Crippen LogP contribution is -2.44. The predicted molar refractivity (Wildman–Crippen MR) is 80.0 cm³/mol. The first-order valence-electron chi connectivity index (χ1n) is 7.29. The smallest absolute Gasteiger partial charge is 0.260 e. The van der Waals surface area contributed by atoms with Gasteiger partial charge in [-0.25, -0.2) is 0 Å². The predicted octanol–water partition coefficient (Wildman–Crippen LogP) is 1.36. The second kappa shape index (κ2) is 7.11. The second-order valence-electron chi connectivity index (χ2n) is 5.32. The van der Waals surface area contributed by atoms with Gasteiger partial charge >= 0.3 is 0 Å². The summed E-state index contributed by atoms with van der Waals surface area (Å²) in [5.41, 5.74) is 1.02. The molecule has 2 amide bonds. The molecule has 1 aliphatic heterocycles. The summed E-state index contributed by atoms with van der Waals surface area (Å²) >= 11 is 0. The van der Waals surface area contributed by atoms with E-state index >= 15 is 0 Å². The molecule has 2 rings (SSSR count). The maximum absolute atomic E-state index is 12.1. The summed E-state index contributed by atoms with van der Waals surface area (Å²) in [5.74, 6) is 0.814. The summed E-state index contributed by atoms with van der Waals surface area (Å²) in [6.45, 7) is 3.24. The van der Waals surface area contributed by atoms with Gasteiger partial charge in [0.2, 0.25) is 5.91 Å². The van der Waals surface area contributed by atoms with E-state index < -0.39 is 0 Å². The van der Waals surface area contributed by atoms with Crippen LogP contribution in [0.5, 0.6) is 5.75 Å². The van der Waals surface area contributed by atoms with Crippen LogP contribution in [0.15, 0.2) is 24.3 Å². The van der Waals surface area contributed by atoms with Crippen molar-refractivity contribution in [2.45, 2.75) is 19.8 Å². The average molecular weight is 290 g/mol. The Balaban J connectivity index is 1.80. The van der Waals surface area contributed by atoms with Crippen molar-refractivity contribution in [1.29, 1.82) is 0 Å². The van der Waals surface area contributed by atoms with Gasteiger partial charge in [0, 0.05) is 26.1 Å². The summed E-state index contributed by atoms with van der Waals surface area (Å²) < 4.78 is 5.58. The number of carbonyl (C=O) groups excluding carboxylic acids is 2. The maximum Gasteiger partial charge on any atom is 0.260 e. The molecule has 21 heavy (non-hydrogen) atoms. The molecule has 0 spiro atoms. The molecule has 0 saturated carbocycles. The van der Waals surface area contributed by atoms with Crippen LogP contribution >= 0.6 is 0 Å². The monoisotopic (exact) mass is 290 g/mol. The molecule has 0 aromatic heterocycles. The second-order valence-corrected chi connectivity index (χ2v) is 5.32. The molecule has 0 atom stereocenters. The molecule has 114 valence electrons. The topological polar surface area (TPSA) is 58.6 Å². The highest BCUT2D eigenvalue weighted by atomic mass is 16.5. The van der Waals surface area contributed by atoms with Gasteiger partial charge in [0.1, 0.15) is 5.75 Å². The van der Waals surface area contributed by atoms with E-state index in [1.807, 2.05) is 31.2 Å². The number of likely N-dealkylation sites (tertiary alicyclic amines) is 1. The summed E-state index contributed by atoms with van der Waals surface area (Å²) in [6.07, 6.45) is 1.44. The largest absolute Gasteiger partial charge is 0.484 e. The first-order valence-corrected chi connectivity index (χ1v) is 7.29. The summed E-state index contributed by atoms with van der Waals surface area (Å²) in [4.78, 5) is 25.5. The van der Waals surface area contributed by atoms with Crippen LogP contribution < -0.4 is 10.1 Å². The van der Waals surface area contributed by atoms with E-state index in [0.717, 1.165) is 24.2 Å². The van der Waals surface area contributed by atoms with E-state index in [1.165, 1.54) is 0 Å². The van der Waals surface area contributed by atoms with E-state index in [9.17, 15) is 9.59 Å². The van der Waals surface area contributed by atoms with Gasteiger partial charge in [-0.05, 0) is 31.4 Å². The summed E-state index contributed by atoms with van der Waals surface area (Å²) in [6, 6.07) is 7.64. The summed E-state index contributed by atoms with van der Waals surface area (Å²) in [5, 5.41) is 2.66. The zero-order chi connectivity index (χ0) is 15.2. The van der Waals surface area contributed by atoms with Crippen LogP contribution in [-0.4, -0.2) is 43.5 Å². The number of benzene rings is 1. The molecule has 1 aliphatic rings. The fraction of sp³-hybridized carbons (Fsp3) is 0.500. The Bertz CT molecular complexity index is 508. The molecule has 1 fully saturated rings. The Morgan fingerprint density at radius 3 is 2.57 bits per heavy atom. The van der Waals surface area contributed by atoms with Gasteiger partial charge in [0.25, 0.3) is 5.91 Å². The molecule has 1 aromatic rings. The lowest BCUT2D eigenvalue weighted by Gasteiger charge is -2.31. The maximum atomic E-state index is 12.1. The number of nitrogens with zero attached hydrogens (tertiary/aromatic N) is 1. The lowest BCUT2D eigenvalue weighted by atomic mass is 9.96. The molecular formula is C16H22N2O3. The van der Waals surface area contributed by atoms with Gasteiger partial charge in [-0.15, -0.1) is 0 Å². The van der Waals surface area contributed by atoms with E-state index in [0.29, 0.717) is 13.1 Å². The van der Waals surface area contributed by atoms with E-state index in [2.05, 4.69) is 5.32 Å². The molecule has 1 heterocycles. The summed E-state index contributed by atoms with van der Waals surface area (Å²) in [7, 11) is 1.65. The zero-order valence-corrected chi connectivity index (χ0v) is 12.6. The molecule has 1 aromatic carbocycles. The van der Waals surface area contributed by atoms with Crippen LogP contribution in [0.1, 0.15) is 18.4 Å². The minimum atomic E-state index is -0.0198. The van der Waals surface area contributed by atoms with Crippen LogP contribution in [0, 0.1) is 12.8 Å². The highest BCUT2D eigenvalue weighted by Crippen LogP contribution is 2.19. The van der Waals surface area contributed by atoms with Crippen molar-refractivity contribution in [2.75, 3.05) is 26.7 Å².